The van der Waals surface area contributed by atoms with Gasteiger partial charge in [-0.2, -0.15) is 0 Å². The fraction of sp³-hybridized carbons (Fsp3) is 0.222. The van der Waals surface area contributed by atoms with Crippen molar-refractivity contribution in [1.29, 1.82) is 0 Å². The molecule has 1 aliphatic rings. The Morgan fingerprint density at radius 1 is 1.17 bits per heavy atom. The van der Waals surface area contributed by atoms with Crippen LogP contribution in [-0.2, 0) is 20.9 Å². The minimum atomic E-state index is -1.03. The van der Waals surface area contributed by atoms with E-state index in [0.717, 1.165) is 5.56 Å². The average Bonchev–Trinajstić information content (AvgIpc) is 2.96. The minimum Gasteiger partial charge on any atom is -0.489 e. The van der Waals surface area contributed by atoms with Crippen molar-refractivity contribution < 1.29 is 24.2 Å². The first-order valence-electron chi connectivity index (χ1n) is 7.32. The molecule has 2 aromatic carbocycles. The molecule has 0 aromatic heterocycles. The van der Waals surface area contributed by atoms with Crippen LogP contribution in [0.25, 0.3) is 0 Å². The molecule has 1 N–H and O–H groups in total. The number of aliphatic carboxylic acids is 1. The summed E-state index contributed by atoms with van der Waals surface area (Å²) in [6, 6.07) is 16.8. The van der Waals surface area contributed by atoms with Crippen molar-refractivity contribution in [1.82, 2.24) is 0 Å². The van der Waals surface area contributed by atoms with E-state index in [1.165, 1.54) is 0 Å². The van der Waals surface area contributed by atoms with Crippen molar-refractivity contribution in [2.45, 2.75) is 19.1 Å². The molecule has 2 atom stereocenters. The molecule has 0 radical (unpaired) electrons. The van der Waals surface area contributed by atoms with Crippen LogP contribution in [-0.4, -0.2) is 17.0 Å². The molecular weight excluding hydrogens is 296 g/mol. The zero-order chi connectivity index (χ0) is 16.2. The Kier molecular flexibility index (Phi) is 4.28. The fourth-order valence-electron chi connectivity index (χ4n) is 2.60. The Labute approximate surface area is 133 Å². The lowest BCUT2D eigenvalue weighted by Gasteiger charge is -2.15. The maximum atomic E-state index is 11.4. The number of carbonyl (C=O) groups excluding carboxylic acids is 1. The summed E-state index contributed by atoms with van der Waals surface area (Å²) < 4.78 is 10.9. The molecule has 5 heteroatoms. The summed E-state index contributed by atoms with van der Waals surface area (Å²) in [6.45, 7) is 0.414. The van der Waals surface area contributed by atoms with E-state index in [1.807, 2.05) is 30.3 Å². The molecule has 118 valence electrons. The number of carbonyl (C=O) groups is 2. The number of carboxylic acids is 1. The van der Waals surface area contributed by atoms with E-state index in [4.69, 9.17) is 9.47 Å². The Balaban J connectivity index is 1.74. The van der Waals surface area contributed by atoms with Crippen LogP contribution in [0.5, 0.6) is 5.75 Å². The molecule has 0 aliphatic carbocycles. The molecule has 1 fully saturated rings. The van der Waals surface area contributed by atoms with Crippen LogP contribution in [0.15, 0.2) is 54.6 Å². The number of carboxylic acid groups (broad SMARTS) is 1. The Bertz CT molecular complexity index is 710. The third kappa shape index (κ3) is 3.51. The molecule has 5 nitrogen and oxygen atoms in total. The highest BCUT2D eigenvalue weighted by atomic mass is 16.6. The predicted octanol–water partition coefficient (Wildman–Crippen LogP) is 2.95. The number of hydrogen-bond donors (Lipinski definition) is 1. The second-order valence-corrected chi connectivity index (χ2v) is 5.41. The van der Waals surface area contributed by atoms with E-state index in [-0.39, 0.29) is 6.42 Å². The van der Waals surface area contributed by atoms with Crippen LogP contribution >= 0.6 is 0 Å². The molecule has 0 spiro atoms. The van der Waals surface area contributed by atoms with Crippen molar-refractivity contribution >= 4 is 11.9 Å². The molecule has 3 rings (SSSR count). The van der Waals surface area contributed by atoms with Crippen LogP contribution < -0.4 is 4.74 Å². The smallest absolute Gasteiger partial charge is 0.311 e. The van der Waals surface area contributed by atoms with Crippen LogP contribution in [0, 0.1) is 5.92 Å². The van der Waals surface area contributed by atoms with Gasteiger partial charge in [-0.3, -0.25) is 9.59 Å². The topological polar surface area (TPSA) is 72.8 Å². The first-order chi connectivity index (χ1) is 11.1. The first-order valence-corrected chi connectivity index (χ1v) is 7.32. The SMILES string of the molecule is O=C1C[C@@H](C(=O)O)[C@@H](c2cccc(OCc3ccccc3)c2)O1. The maximum Gasteiger partial charge on any atom is 0.311 e. The zero-order valence-corrected chi connectivity index (χ0v) is 12.3. The van der Waals surface area contributed by atoms with Gasteiger partial charge in [-0.25, -0.2) is 0 Å². The van der Waals surface area contributed by atoms with Gasteiger partial charge in [0.25, 0.3) is 0 Å². The highest BCUT2D eigenvalue weighted by Gasteiger charge is 2.40. The molecule has 0 unspecified atom stereocenters. The van der Waals surface area contributed by atoms with Crippen molar-refractivity contribution in [2.75, 3.05) is 0 Å². The van der Waals surface area contributed by atoms with Gasteiger partial charge in [0.1, 0.15) is 24.4 Å². The van der Waals surface area contributed by atoms with Gasteiger partial charge in [0.15, 0.2) is 0 Å². The van der Waals surface area contributed by atoms with E-state index in [0.29, 0.717) is 17.9 Å². The predicted molar refractivity (Wildman–Crippen MR) is 81.8 cm³/mol. The minimum absolute atomic E-state index is 0.102. The molecule has 0 amide bonds. The maximum absolute atomic E-state index is 11.4. The summed E-state index contributed by atoms with van der Waals surface area (Å²) in [6.07, 6.45) is -0.866. The van der Waals surface area contributed by atoms with Gasteiger partial charge < -0.3 is 14.6 Å². The van der Waals surface area contributed by atoms with Gasteiger partial charge in [-0.1, -0.05) is 42.5 Å². The van der Waals surface area contributed by atoms with Gasteiger partial charge in [-0.15, -0.1) is 0 Å². The summed E-state index contributed by atoms with van der Waals surface area (Å²) in [5.41, 5.74) is 1.67. The molecule has 1 heterocycles. The van der Waals surface area contributed by atoms with Crippen LogP contribution in [0.4, 0.5) is 0 Å². The second kappa shape index (κ2) is 6.52. The van der Waals surface area contributed by atoms with Gasteiger partial charge in [0, 0.05) is 0 Å². The quantitative estimate of drug-likeness (QED) is 0.859. The zero-order valence-electron chi connectivity index (χ0n) is 12.3. The third-order valence-corrected chi connectivity index (χ3v) is 3.76. The van der Waals surface area contributed by atoms with Crippen LogP contribution in [0.1, 0.15) is 23.7 Å². The molecule has 1 aliphatic heterocycles. The van der Waals surface area contributed by atoms with E-state index in [9.17, 15) is 14.7 Å². The summed E-state index contributed by atoms with van der Waals surface area (Å²) in [4.78, 5) is 22.7. The summed E-state index contributed by atoms with van der Waals surface area (Å²) in [5.74, 6) is -1.76. The largest absolute Gasteiger partial charge is 0.489 e. The lowest BCUT2D eigenvalue weighted by Crippen LogP contribution is -2.17. The van der Waals surface area contributed by atoms with E-state index >= 15 is 0 Å². The number of cyclic esters (lactones) is 1. The number of hydrogen-bond acceptors (Lipinski definition) is 4. The van der Waals surface area contributed by atoms with Crippen LogP contribution in [0.3, 0.4) is 0 Å². The summed E-state index contributed by atoms with van der Waals surface area (Å²) >= 11 is 0. The van der Waals surface area contributed by atoms with E-state index < -0.39 is 24.0 Å². The number of esters is 1. The van der Waals surface area contributed by atoms with Crippen molar-refractivity contribution in [2.24, 2.45) is 5.92 Å². The van der Waals surface area contributed by atoms with E-state index in [2.05, 4.69) is 0 Å². The monoisotopic (exact) mass is 312 g/mol. The van der Waals surface area contributed by atoms with Gasteiger partial charge in [0.05, 0.1) is 6.42 Å². The van der Waals surface area contributed by atoms with Crippen molar-refractivity contribution in [3.8, 4) is 5.75 Å². The molecule has 2 aromatic rings. The summed E-state index contributed by atoms with van der Waals surface area (Å²) in [5, 5.41) is 9.22. The van der Waals surface area contributed by atoms with E-state index in [1.54, 1.807) is 24.3 Å². The Hall–Kier alpha value is -2.82. The first kappa shape index (κ1) is 15.1. The third-order valence-electron chi connectivity index (χ3n) is 3.76. The Morgan fingerprint density at radius 2 is 1.96 bits per heavy atom. The van der Waals surface area contributed by atoms with Gasteiger partial charge in [0.2, 0.25) is 0 Å². The second-order valence-electron chi connectivity index (χ2n) is 5.41. The highest BCUT2D eigenvalue weighted by molar-refractivity contribution is 5.82. The molecule has 0 saturated carbocycles. The fourth-order valence-corrected chi connectivity index (χ4v) is 2.60. The van der Waals surface area contributed by atoms with Gasteiger partial charge >= 0.3 is 11.9 Å². The lowest BCUT2D eigenvalue weighted by molar-refractivity contribution is -0.144. The average molecular weight is 312 g/mol. The normalized spacial score (nSPS) is 20.1. The lowest BCUT2D eigenvalue weighted by atomic mass is 9.95. The van der Waals surface area contributed by atoms with Gasteiger partial charge in [-0.05, 0) is 23.3 Å². The number of rotatable bonds is 5. The Morgan fingerprint density at radius 3 is 2.70 bits per heavy atom. The number of ether oxygens (including phenoxy) is 2. The summed E-state index contributed by atoms with van der Waals surface area (Å²) in [7, 11) is 0. The molecular formula is C18H16O5. The number of benzene rings is 2. The van der Waals surface area contributed by atoms with Crippen molar-refractivity contribution in [3.05, 3.63) is 65.7 Å². The molecule has 0 bridgehead atoms. The van der Waals surface area contributed by atoms with Crippen molar-refractivity contribution in [3.63, 3.8) is 0 Å². The molecule has 23 heavy (non-hydrogen) atoms. The molecule has 1 saturated heterocycles. The highest BCUT2D eigenvalue weighted by Crippen LogP contribution is 2.36. The van der Waals surface area contributed by atoms with Crippen LogP contribution in [0.2, 0.25) is 0 Å². The standard InChI is InChI=1S/C18H16O5/c19-16-10-15(18(20)21)17(23-16)13-7-4-8-14(9-13)22-11-12-5-2-1-3-6-12/h1-9,15,17H,10-11H2,(H,20,21)/t15-,17-/m1/s1.